The van der Waals surface area contributed by atoms with Gasteiger partial charge in [-0.15, -0.1) is 0 Å². The Morgan fingerprint density at radius 2 is 0.732 bits per heavy atom. The zero-order chi connectivity index (χ0) is 37.1. The molecular weight excluding hydrogens is 699 g/mol. The van der Waals surface area contributed by atoms with Crippen LogP contribution in [0.15, 0.2) is 210 Å². The highest BCUT2D eigenvalue weighted by Crippen LogP contribution is 2.63. The topological polar surface area (TPSA) is 38.7 Å². The predicted molar refractivity (Wildman–Crippen MR) is 228 cm³/mol. The molecule has 0 bridgehead atoms. The van der Waals surface area contributed by atoms with Crippen LogP contribution in [-0.4, -0.2) is 15.0 Å². The summed E-state index contributed by atoms with van der Waals surface area (Å²) in [5.41, 5.74) is 14.9. The molecule has 9 aromatic rings. The highest BCUT2D eigenvalue weighted by atomic mass is 32.2. The van der Waals surface area contributed by atoms with Crippen molar-refractivity contribution in [3.63, 3.8) is 0 Å². The van der Waals surface area contributed by atoms with Crippen LogP contribution in [0.5, 0.6) is 0 Å². The predicted octanol–water partition coefficient (Wildman–Crippen LogP) is 13.0. The summed E-state index contributed by atoms with van der Waals surface area (Å²) in [5, 5.41) is 0. The van der Waals surface area contributed by atoms with Crippen molar-refractivity contribution in [2.75, 3.05) is 0 Å². The molecule has 2 heterocycles. The van der Waals surface area contributed by atoms with E-state index in [4.69, 9.17) is 15.0 Å². The Kier molecular flexibility index (Phi) is 7.64. The maximum atomic E-state index is 5.14. The number of rotatable bonds is 5. The molecule has 0 atom stereocenters. The second-order valence-electron chi connectivity index (χ2n) is 14.3. The van der Waals surface area contributed by atoms with E-state index in [1.165, 1.54) is 54.3 Å². The van der Waals surface area contributed by atoms with Gasteiger partial charge >= 0.3 is 0 Å². The summed E-state index contributed by atoms with van der Waals surface area (Å²) in [5.74, 6) is 1.93. The smallest absolute Gasteiger partial charge is 0.164 e. The maximum absolute atomic E-state index is 5.14. The largest absolute Gasteiger partial charge is 0.208 e. The molecule has 56 heavy (non-hydrogen) atoms. The molecule has 1 spiro atoms. The standard InChI is InChI=1S/C52H33N3S/c1-3-15-34(16-4-1)35-29-31-37(32-30-35)50-53-49(36-17-5-2-6-18-36)54-51(55-50)39-20-13-19-38(33-39)40-22-14-26-45-48(40)41-21-7-8-23-42(41)52(45)43-24-9-11-27-46(43)56-47-28-12-10-25-44(47)52/h1-33H. The zero-order valence-electron chi connectivity index (χ0n) is 30.3. The molecule has 1 aromatic heterocycles. The molecule has 2 aliphatic rings. The number of hydrogen-bond donors (Lipinski definition) is 0. The van der Waals surface area contributed by atoms with Gasteiger partial charge in [-0.1, -0.05) is 194 Å². The molecule has 262 valence electrons. The summed E-state index contributed by atoms with van der Waals surface area (Å²) in [6, 6.07) is 71.5. The number of hydrogen-bond acceptors (Lipinski definition) is 4. The van der Waals surface area contributed by atoms with Gasteiger partial charge in [-0.2, -0.15) is 0 Å². The fourth-order valence-electron chi connectivity index (χ4n) is 8.76. The Balaban J connectivity index is 1.08. The van der Waals surface area contributed by atoms with Gasteiger partial charge in [-0.3, -0.25) is 0 Å². The zero-order valence-corrected chi connectivity index (χ0v) is 31.1. The lowest BCUT2D eigenvalue weighted by atomic mass is 9.67. The Labute approximate surface area is 330 Å². The van der Waals surface area contributed by atoms with Gasteiger partial charge in [0, 0.05) is 26.5 Å². The Morgan fingerprint density at radius 1 is 0.304 bits per heavy atom. The van der Waals surface area contributed by atoms with E-state index in [9.17, 15) is 0 Å². The fraction of sp³-hybridized carbons (Fsp3) is 0.0192. The lowest BCUT2D eigenvalue weighted by Gasteiger charge is -2.39. The van der Waals surface area contributed by atoms with E-state index in [0.717, 1.165) is 27.8 Å². The summed E-state index contributed by atoms with van der Waals surface area (Å²) in [7, 11) is 0. The average Bonchev–Trinajstić information content (AvgIpc) is 3.58. The molecule has 0 saturated carbocycles. The molecule has 0 amide bonds. The summed E-state index contributed by atoms with van der Waals surface area (Å²) in [6.45, 7) is 0. The van der Waals surface area contributed by atoms with Crippen molar-refractivity contribution >= 4 is 11.8 Å². The summed E-state index contributed by atoms with van der Waals surface area (Å²) >= 11 is 1.87. The van der Waals surface area contributed by atoms with Crippen LogP contribution in [0.25, 0.3) is 67.5 Å². The Bertz CT molecular complexity index is 2890. The molecule has 1 aliphatic carbocycles. The second-order valence-corrected chi connectivity index (χ2v) is 15.4. The van der Waals surface area contributed by atoms with Gasteiger partial charge in [0.15, 0.2) is 17.5 Å². The molecule has 1 aliphatic heterocycles. The van der Waals surface area contributed by atoms with Crippen molar-refractivity contribution in [2.45, 2.75) is 15.2 Å². The van der Waals surface area contributed by atoms with Crippen LogP contribution in [0, 0.1) is 0 Å². The van der Waals surface area contributed by atoms with Crippen LogP contribution in [-0.2, 0) is 5.41 Å². The Hall–Kier alpha value is -6.88. The third-order valence-electron chi connectivity index (χ3n) is 11.2. The molecule has 8 aromatic carbocycles. The van der Waals surface area contributed by atoms with Crippen molar-refractivity contribution in [3.8, 4) is 67.5 Å². The van der Waals surface area contributed by atoms with Gasteiger partial charge in [0.1, 0.15) is 0 Å². The second kappa shape index (κ2) is 13.2. The minimum absolute atomic E-state index is 0.429. The van der Waals surface area contributed by atoms with Crippen molar-refractivity contribution in [1.82, 2.24) is 15.0 Å². The maximum Gasteiger partial charge on any atom is 0.164 e. The monoisotopic (exact) mass is 731 g/mol. The first kappa shape index (κ1) is 32.5. The van der Waals surface area contributed by atoms with Crippen LogP contribution in [0.1, 0.15) is 22.3 Å². The van der Waals surface area contributed by atoms with Crippen LogP contribution in [0.3, 0.4) is 0 Å². The summed E-state index contributed by atoms with van der Waals surface area (Å²) in [6.07, 6.45) is 0. The van der Waals surface area contributed by atoms with Crippen LogP contribution < -0.4 is 0 Å². The fourth-order valence-corrected chi connectivity index (χ4v) is 9.95. The van der Waals surface area contributed by atoms with Crippen molar-refractivity contribution in [2.24, 2.45) is 0 Å². The third kappa shape index (κ3) is 5.10. The van der Waals surface area contributed by atoms with Gasteiger partial charge in [-0.05, 0) is 73.8 Å². The van der Waals surface area contributed by atoms with E-state index in [-0.39, 0.29) is 0 Å². The highest BCUT2D eigenvalue weighted by molar-refractivity contribution is 7.99. The van der Waals surface area contributed by atoms with E-state index < -0.39 is 5.41 Å². The molecule has 0 fully saturated rings. The number of nitrogens with zero attached hydrogens (tertiary/aromatic N) is 3. The quantitative estimate of drug-likeness (QED) is 0.177. The van der Waals surface area contributed by atoms with Gasteiger partial charge in [0.2, 0.25) is 0 Å². The average molecular weight is 732 g/mol. The van der Waals surface area contributed by atoms with Crippen LogP contribution in [0.2, 0.25) is 0 Å². The number of benzene rings is 8. The minimum atomic E-state index is -0.429. The molecule has 3 nitrogen and oxygen atoms in total. The first-order chi connectivity index (χ1) is 27.8. The van der Waals surface area contributed by atoms with Crippen molar-refractivity contribution in [3.05, 3.63) is 222 Å². The number of fused-ring (bicyclic) bond motifs is 9. The molecule has 0 saturated heterocycles. The molecule has 4 heteroatoms. The lowest BCUT2D eigenvalue weighted by molar-refractivity contribution is 0.722. The number of aromatic nitrogens is 3. The van der Waals surface area contributed by atoms with E-state index in [0.29, 0.717) is 17.5 Å². The summed E-state index contributed by atoms with van der Waals surface area (Å²) in [4.78, 5) is 17.9. The molecular formula is C52H33N3S. The minimum Gasteiger partial charge on any atom is -0.208 e. The van der Waals surface area contributed by atoms with Crippen molar-refractivity contribution < 1.29 is 0 Å². The summed E-state index contributed by atoms with van der Waals surface area (Å²) < 4.78 is 0. The first-order valence-corrected chi connectivity index (χ1v) is 19.8. The van der Waals surface area contributed by atoms with E-state index >= 15 is 0 Å². The van der Waals surface area contributed by atoms with Gasteiger partial charge in [-0.25, -0.2) is 15.0 Å². The first-order valence-electron chi connectivity index (χ1n) is 18.9. The van der Waals surface area contributed by atoms with E-state index in [1.54, 1.807) is 0 Å². The van der Waals surface area contributed by atoms with Crippen LogP contribution >= 0.6 is 11.8 Å². The van der Waals surface area contributed by atoms with Crippen molar-refractivity contribution in [1.29, 1.82) is 0 Å². The molecule has 0 radical (unpaired) electrons. The SMILES string of the molecule is c1ccc(-c2ccc(-c3nc(-c4ccccc4)nc(-c4cccc(-c5cccc6c5-c5ccccc5C65c6ccccc6Sc6ccccc65)c4)n3)cc2)cc1. The molecule has 11 rings (SSSR count). The molecule has 0 unspecified atom stereocenters. The van der Waals surface area contributed by atoms with Gasteiger partial charge < -0.3 is 0 Å². The third-order valence-corrected chi connectivity index (χ3v) is 12.4. The lowest BCUT2D eigenvalue weighted by Crippen LogP contribution is -2.31. The van der Waals surface area contributed by atoms with E-state index in [1.807, 2.05) is 36.0 Å². The Morgan fingerprint density at radius 3 is 1.41 bits per heavy atom. The normalized spacial score (nSPS) is 13.1. The van der Waals surface area contributed by atoms with Crippen LogP contribution in [0.4, 0.5) is 0 Å². The van der Waals surface area contributed by atoms with Gasteiger partial charge in [0.25, 0.3) is 0 Å². The van der Waals surface area contributed by atoms with E-state index in [2.05, 4.69) is 176 Å². The molecule has 0 N–H and O–H groups in total. The van der Waals surface area contributed by atoms with Gasteiger partial charge in [0.05, 0.1) is 5.41 Å². The highest BCUT2D eigenvalue weighted by Gasteiger charge is 2.50.